The van der Waals surface area contributed by atoms with Crippen molar-refractivity contribution in [1.82, 2.24) is 4.90 Å². The second kappa shape index (κ2) is 7.85. The van der Waals surface area contributed by atoms with Gasteiger partial charge in [0.1, 0.15) is 17.1 Å². The molecule has 2 aliphatic rings. The van der Waals surface area contributed by atoms with E-state index in [4.69, 9.17) is 17.3 Å². The number of benzene rings is 2. The average Bonchev–Trinajstić information content (AvgIpc) is 2.94. The summed E-state index contributed by atoms with van der Waals surface area (Å²) < 4.78 is 31.2. The fourth-order valence-electron chi connectivity index (χ4n) is 4.12. The van der Waals surface area contributed by atoms with E-state index in [0.29, 0.717) is 21.8 Å². The van der Waals surface area contributed by atoms with Gasteiger partial charge in [0.05, 0.1) is 31.4 Å². The number of rotatable bonds is 3. The summed E-state index contributed by atoms with van der Waals surface area (Å²) in [5.41, 5.74) is 6.57. The van der Waals surface area contributed by atoms with Crippen LogP contribution in [0.5, 0.6) is 0 Å². The molecule has 0 saturated carbocycles. The predicted octanol–water partition coefficient (Wildman–Crippen LogP) is 4.83. The topological polar surface area (TPSA) is 108 Å². The van der Waals surface area contributed by atoms with E-state index in [9.17, 15) is 18.5 Å². The van der Waals surface area contributed by atoms with Gasteiger partial charge in [-0.2, -0.15) is 4.36 Å². The molecular formula is C23H24ClFN4O3S. The minimum absolute atomic E-state index is 0.0582. The van der Waals surface area contributed by atoms with Crippen molar-refractivity contribution in [3.63, 3.8) is 0 Å². The minimum atomic E-state index is -2.95. The molecule has 0 aliphatic carbocycles. The number of aliphatic imine (C=N–C) groups is 1. The van der Waals surface area contributed by atoms with Crippen LogP contribution < -0.4 is 5.73 Å². The highest BCUT2D eigenvalue weighted by molar-refractivity contribution is 7.93. The van der Waals surface area contributed by atoms with Crippen LogP contribution in [0.15, 0.2) is 62.0 Å². The highest BCUT2D eigenvalue weighted by Crippen LogP contribution is 2.40. The van der Waals surface area contributed by atoms with Gasteiger partial charge in [0.2, 0.25) is 0 Å². The lowest BCUT2D eigenvalue weighted by molar-refractivity contribution is -0.129. The number of nitrogens with two attached hydrogens (primary N) is 1. The van der Waals surface area contributed by atoms with Crippen LogP contribution in [-0.4, -0.2) is 38.3 Å². The third-order valence-electron chi connectivity index (χ3n) is 5.56. The lowest BCUT2D eigenvalue weighted by Gasteiger charge is -2.35. The average molecular weight is 491 g/mol. The minimum Gasteiger partial charge on any atom is -0.509 e. The van der Waals surface area contributed by atoms with E-state index in [0.717, 1.165) is 0 Å². The molecule has 0 bridgehead atoms. The van der Waals surface area contributed by atoms with Crippen molar-refractivity contribution in [2.24, 2.45) is 14.8 Å². The summed E-state index contributed by atoms with van der Waals surface area (Å²) in [5.74, 6) is -1.35. The number of aliphatic hydroxyl groups is 1. The molecule has 2 aromatic rings. The van der Waals surface area contributed by atoms with E-state index >= 15 is 0 Å². The highest BCUT2D eigenvalue weighted by Gasteiger charge is 2.47. The highest BCUT2D eigenvalue weighted by atomic mass is 35.5. The van der Waals surface area contributed by atoms with E-state index in [2.05, 4.69) is 9.36 Å². The number of nitrogen functional groups attached to an aromatic ring is 1. The van der Waals surface area contributed by atoms with Gasteiger partial charge in [-0.25, -0.2) is 13.6 Å². The number of amides is 1. The normalized spacial score (nSPS) is 22.8. The van der Waals surface area contributed by atoms with Crippen LogP contribution in [0, 0.1) is 11.2 Å². The summed E-state index contributed by atoms with van der Waals surface area (Å²) in [5, 5.41) is 11.1. The summed E-state index contributed by atoms with van der Waals surface area (Å²) >= 11 is 5.92. The zero-order valence-corrected chi connectivity index (χ0v) is 20.2. The van der Waals surface area contributed by atoms with Crippen LogP contribution in [-0.2, 0) is 21.1 Å². The van der Waals surface area contributed by atoms with Crippen LogP contribution in [0.4, 0.5) is 15.8 Å². The van der Waals surface area contributed by atoms with Crippen molar-refractivity contribution in [3.05, 3.63) is 64.1 Å². The first-order chi connectivity index (χ1) is 15.3. The van der Waals surface area contributed by atoms with Gasteiger partial charge in [0.15, 0.2) is 5.84 Å². The van der Waals surface area contributed by atoms with Crippen molar-refractivity contribution in [1.29, 1.82) is 0 Å². The SMILES string of the molecule is CC(C)(C)C1C(O)=C(C2=Nc3ccc(N)cc3S(C)(=O)=N2)C(=O)N1Cc1ccc(F)c(Cl)c1. The van der Waals surface area contributed by atoms with Crippen LogP contribution in [0.2, 0.25) is 5.02 Å². The molecule has 33 heavy (non-hydrogen) atoms. The smallest absolute Gasteiger partial charge is 0.262 e. The Kier molecular flexibility index (Phi) is 5.53. The first kappa shape index (κ1) is 23.3. The molecule has 4 rings (SSSR count). The van der Waals surface area contributed by atoms with E-state index < -0.39 is 32.9 Å². The van der Waals surface area contributed by atoms with Crippen LogP contribution in [0.1, 0.15) is 26.3 Å². The van der Waals surface area contributed by atoms with Gasteiger partial charge in [-0.3, -0.25) is 4.79 Å². The van der Waals surface area contributed by atoms with Gasteiger partial charge >= 0.3 is 0 Å². The summed E-state index contributed by atoms with van der Waals surface area (Å²) in [4.78, 5) is 19.8. The Morgan fingerprint density at radius 1 is 1.24 bits per heavy atom. The van der Waals surface area contributed by atoms with E-state index in [-0.39, 0.29) is 28.7 Å². The monoisotopic (exact) mass is 490 g/mol. The van der Waals surface area contributed by atoms with Crippen LogP contribution in [0.3, 0.4) is 0 Å². The molecule has 0 aromatic heterocycles. The molecule has 0 saturated heterocycles. The third-order valence-corrected chi connectivity index (χ3v) is 7.52. The number of carbonyl (C=O) groups is 1. The molecule has 2 aliphatic heterocycles. The molecule has 10 heteroatoms. The zero-order chi connectivity index (χ0) is 24.3. The first-order valence-electron chi connectivity index (χ1n) is 10.2. The lowest BCUT2D eigenvalue weighted by atomic mass is 9.85. The van der Waals surface area contributed by atoms with Crippen LogP contribution in [0.25, 0.3) is 0 Å². The number of hydrogen-bond donors (Lipinski definition) is 2. The van der Waals surface area contributed by atoms with Gasteiger partial charge in [0.25, 0.3) is 5.91 Å². The number of anilines is 1. The summed E-state index contributed by atoms with van der Waals surface area (Å²) in [6.45, 7) is 5.73. The molecule has 3 N–H and O–H groups in total. The van der Waals surface area contributed by atoms with Crippen molar-refractivity contribution in [2.75, 3.05) is 12.0 Å². The maximum absolute atomic E-state index is 13.6. The van der Waals surface area contributed by atoms with Crippen molar-refractivity contribution in [3.8, 4) is 0 Å². The first-order valence-corrected chi connectivity index (χ1v) is 12.5. The van der Waals surface area contributed by atoms with Gasteiger partial charge in [-0.05, 0) is 41.3 Å². The number of hydrogen-bond acceptors (Lipinski definition) is 6. The number of nitrogens with zero attached hydrogens (tertiary/aromatic N) is 3. The second-order valence-electron chi connectivity index (χ2n) is 9.27. The second-order valence-corrected chi connectivity index (χ2v) is 11.9. The number of fused-ring (bicyclic) bond motifs is 1. The van der Waals surface area contributed by atoms with E-state index in [1.165, 1.54) is 29.4 Å². The van der Waals surface area contributed by atoms with Crippen molar-refractivity contribution < 1.29 is 18.5 Å². The maximum Gasteiger partial charge on any atom is 0.262 e. The Balaban J connectivity index is 1.82. The molecule has 2 atom stereocenters. The molecule has 2 aromatic carbocycles. The summed E-state index contributed by atoms with van der Waals surface area (Å²) in [7, 11) is -2.95. The maximum atomic E-state index is 13.6. The van der Waals surface area contributed by atoms with Gasteiger partial charge in [-0.15, -0.1) is 0 Å². The Hall–Kier alpha value is -2.91. The number of aliphatic hydroxyl groups excluding tert-OH is 1. The number of carbonyl (C=O) groups excluding carboxylic acids is 1. The lowest BCUT2D eigenvalue weighted by Crippen LogP contribution is -2.43. The fourth-order valence-corrected chi connectivity index (χ4v) is 5.74. The Morgan fingerprint density at radius 2 is 1.94 bits per heavy atom. The quantitative estimate of drug-likeness (QED) is 0.600. The molecule has 174 valence electrons. The van der Waals surface area contributed by atoms with E-state index in [1.807, 2.05) is 20.8 Å². The Morgan fingerprint density at radius 3 is 2.58 bits per heavy atom. The van der Waals surface area contributed by atoms with Crippen LogP contribution >= 0.6 is 11.6 Å². The van der Waals surface area contributed by atoms with Crippen molar-refractivity contribution >= 4 is 44.4 Å². The Labute approximate surface area is 196 Å². The van der Waals surface area contributed by atoms with E-state index in [1.54, 1.807) is 18.2 Å². The molecule has 0 radical (unpaired) electrons. The number of amidine groups is 1. The molecule has 2 heterocycles. The molecule has 0 fully saturated rings. The molecule has 0 spiro atoms. The number of halogens is 2. The molecular weight excluding hydrogens is 467 g/mol. The standard InChI is InChI=1S/C23H24ClFN4O3S/c1-23(2,3)20-19(30)18(22(31)29(20)11-12-5-7-15(25)14(24)9-12)21-27-16-8-6-13(26)10-17(16)33(4,32)28-21/h5-10,20,30H,11,26H2,1-4H3. The van der Waals surface area contributed by atoms with Gasteiger partial charge in [-0.1, -0.05) is 38.4 Å². The fraction of sp³-hybridized carbons (Fsp3) is 0.304. The van der Waals surface area contributed by atoms with Gasteiger partial charge in [0, 0.05) is 18.5 Å². The summed E-state index contributed by atoms with van der Waals surface area (Å²) in [6.07, 6.45) is 1.44. The molecule has 2 unspecified atom stereocenters. The largest absolute Gasteiger partial charge is 0.509 e. The third kappa shape index (κ3) is 4.11. The predicted molar refractivity (Wildman–Crippen MR) is 128 cm³/mol. The summed E-state index contributed by atoms with van der Waals surface area (Å²) in [6, 6.07) is 8.28. The molecule has 7 nitrogen and oxygen atoms in total. The molecule has 1 amide bonds. The zero-order valence-electron chi connectivity index (χ0n) is 18.6. The Bertz CT molecular complexity index is 1370. The van der Waals surface area contributed by atoms with Crippen molar-refractivity contribution in [2.45, 2.75) is 38.3 Å². The van der Waals surface area contributed by atoms with Gasteiger partial charge < -0.3 is 15.7 Å².